The van der Waals surface area contributed by atoms with E-state index in [9.17, 15) is 4.79 Å². The lowest BCUT2D eigenvalue weighted by atomic mass is 10.1. The molecule has 0 saturated carbocycles. The number of hydrogen-bond acceptors (Lipinski definition) is 5. The minimum atomic E-state index is -0.0739. The van der Waals surface area contributed by atoms with Gasteiger partial charge >= 0.3 is 0 Å². The maximum Gasteiger partial charge on any atom is 0.224 e. The SMILES string of the molecule is COc1cc(CCC(=O)Nc2ccc(Oc3ccccc3OC)cc2)cc(OC)c1. The van der Waals surface area contributed by atoms with E-state index in [0.717, 1.165) is 5.56 Å². The molecule has 30 heavy (non-hydrogen) atoms. The first-order valence-corrected chi connectivity index (χ1v) is 9.54. The fourth-order valence-electron chi connectivity index (χ4n) is 2.93. The number of aryl methyl sites for hydroxylation is 1. The second kappa shape index (κ2) is 10.2. The molecular weight excluding hydrogens is 382 g/mol. The third kappa shape index (κ3) is 5.67. The van der Waals surface area contributed by atoms with Crippen LogP contribution in [-0.4, -0.2) is 27.2 Å². The van der Waals surface area contributed by atoms with Crippen LogP contribution in [-0.2, 0) is 11.2 Å². The Labute approximate surface area is 176 Å². The highest BCUT2D eigenvalue weighted by atomic mass is 16.5. The Hall–Kier alpha value is -3.67. The van der Waals surface area contributed by atoms with E-state index < -0.39 is 0 Å². The predicted octanol–water partition coefficient (Wildman–Crippen LogP) is 5.08. The number of ether oxygens (including phenoxy) is 4. The summed E-state index contributed by atoms with van der Waals surface area (Å²) in [4.78, 5) is 12.3. The van der Waals surface area contributed by atoms with Crippen LogP contribution in [0.15, 0.2) is 66.7 Å². The number of methoxy groups -OCH3 is 3. The monoisotopic (exact) mass is 407 g/mol. The standard InChI is InChI=1S/C24H25NO5/c1-27-20-14-17(15-21(16-20)28-2)8-13-24(26)25-18-9-11-19(12-10-18)30-23-7-5-4-6-22(23)29-3/h4-7,9-12,14-16H,8,13H2,1-3H3,(H,25,26). The van der Waals surface area contributed by atoms with E-state index in [4.69, 9.17) is 18.9 Å². The molecule has 1 amide bonds. The van der Waals surface area contributed by atoms with Crippen LogP contribution in [0, 0.1) is 0 Å². The summed E-state index contributed by atoms with van der Waals surface area (Å²) in [6.07, 6.45) is 0.921. The fraction of sp³-hybridized carbons (Fsp3) is 0.208. The maximum atomic E-state index is 12.3. The largest absolute Gasteiger partial charge is 0.497 e. The molecule has 156 valence electrons. The lowest BCUT2D eigenvalue weighted by molar-refractivity contribution is -0.116. The molecule has 0 unspecified atom stereocenters. The highest BCUT2D eigenvalue weighted by molar-refractivity contribution is 5.90. The summed E-state index contributed by atoms with van der Waals surface area (Å²) in [7, 11) is 4.81. The highest BCUT2D eigenvalue weighted by Crippen LogP contribution is 2.31. The first-order chi connectivity index (χ1) is 14.6. The van der Waals surface area contributed by atoms with Gasteiger partial charge in [-0.15, -0.1) is 0 Å². The average Bonchev–Trinajstić information content (AvgIpc) is 2.79. The van der Waals surface area contributed by atoms with Crippen LogP contribution in [0.2, 0.25) is 0 Å². The average molecular weight is 407 g/mol. The molecule has 0 heterocycles. The summed E-state index contributed by atoms with van der Waals surface area (Å²) < 4.78 is 21.7. The van der Waals surface area contributed by atoms with Gasteiger partial charge < -0.3 is 24.3 Å². The van der Waals surface area contributed by atoms with Crippen LogP contribution in [0.1, 0.15) is 12.0 Å². The third-order valence-corrected chi connectivity index (χ3v) is 4.49. The summed E-state index contributed by atoms with van der Waals surface area (Å²) in [6, 6.07) is 20.2. The van der Waals surface area contributed by atoms with E-state index in [1.54, 1.807) is 51.7 Å². The van der Waals surface area contributed by atoms with Crippen molar-refractivity contribution in [3.63, 3.8) is 0 Å². The number of rotatable bonds is 9. The number of benzene rings is 3. The van der Waals surface area contributed by atoms with Crippen molar-refractivity contribution in [3.8, 4) is 28.7 Å². The van der Waals surface area contributed by atoms with E-state index in [0.29, 0.717) is 47.3 Å². The predicted molar refractivity (Wildman–Crippen MR) is 116 cm³/mol. The molecule has 0 aliphatic rings. The van der Waals surface area contributed by atoms with E-state index in [1.807, 2.05) is 36.4 Å². The topological polar surface area (TPSA) is 66.0 Å². The quantitative estimate of drug-likeness (QED) is 0.536. The van der Waals surface area contributed by atoms with E-state index in [1.165, 1.54) is 0 Å². The van der Waals surface area contributed by atoms with Gasteiger partial charge in [-0.3, -0.25) is 4.79 Å². The van der Waals surface area contributed by atoms with Gasteiger partial charge in [0, 0.05) is 18.2 Å². The number of carbonyl (C=O) groups excluding carboxylic acids is 1. The molecule has 3 aromatic rings. The van der Waals surface area contributed by atoms with Crippen molar-refractivity contribution in [2.24, 2.45) is 0 Å². The van der Waals surface area contributed by atoms with Gasteiger partial charge in [-0.05, 0) is 60.5 Å². The molecule has 6 nitrogen and oxygen atoms in total. The summed E-state index contributed by atoms with van der Waals surface area (Å²) >= 11 is 0. The summed E-state index contributed by atoms with van der Waals surface area (Å²) in [5.74, 6) is 3.27. The molecule has 0 spiro atoms. The number of anilines is 1. The number of carbonyl (C=O) groups is 1. The van der Waals surface area contributed by atoms with Crippen LogP contribution >= 0.6 is 0 Å². The Morgan fingerprint density at radius 2 is 1.40 bits per heavy atom. The Bertz CT molecular complexity index is 963. The number of para-hydroxylation sites is 2. The van der Waals surface area contributed by atoms with E-state index in [-0.39, 0.29) is 5.91 Å². The summed E-state index contributed by atoms with van der Waals surface area (Å²) in [6.45, 7) is 0. The molecule has 0 fully saturated rings. The van der Waals surface area contributed by atoms with Crippen molar-refractivity contribution >= 4 is 11.6 Å². The lowest BCUT2D eigenvalue weighted by Crippen LogP contribution is -2.12. The van der Waals surface area contributed by atoms with Crippen LogP contribution in [0.3, 0.4) is 0 Å². The Kier molecular flexibility index (Phi) is 7.16. The molecule has 0 saturated heterocycles. The van der Waals surface area contributed by atoms with Gasteiger partial charge in [0.1, 0.15) is 17.2 Å². The molecule has 3 rings (SSSR count). The molecule has 0 atom stereocenters. The van der Waals surface area contributed by atoms with Crippen LogP contribution in [0.4, 0.5) is 5.69 Å². The van der Waals surface area contributed by atoms with Crippen molar-refractivity contribution in [1.29, 1.82) is 0 Å². The lowest BCUT2D eigenvalue weighted by Gasteiger charge is -2.11. The van der Waals surface area contributed by atoms with Gasteiger partial charge in [0.05, 0.1) is 21.3 Å². The number of amides is 1. The van der Waals surface area contributed by atoms with E-state index in [2.05, 4.69) is 5.32 Å². The van der Waals surface area contributed by atoms with E-state index >= 15 is 0 Å². The van der Waals surface area contributed by atoms with Gasteiger partial charge in [0.25, 0.3) is 0 Å². The minimum absolute atomic E-state index is 0.0739. The minimum Gasteiger partial charge on any atom is -0.497 e. The van der Waals surface area contributed by atoms with Gasteiger partial charge in [-0.1, -0.05) is 12.1 Å². The highest BCUT2D eigenvalue weighted by Gasteiger charge is 2.08. The number of nitrogens with one attached hydrogen (secondary N) is 1. The Morgan fingerprint density at radius 3 is 2.00 bits per heavy atom. The van der Waals surface area contributed by atoms with Crippen LogP contribution in [0.5, 0.6) is 28.7 Å². The normalized spacial score (nSPS) is 10.2. The zero-order chi connectivity index (χ0) is 21.3. The van der Waals surface area contributed by atoms with Gasteiger partial charge in [0.2, 0.25) is 5.91 Å². The van der Waals surface area contributed by atoms with Crippen molar-refractivity contribution in [2.75, 3.05) is 26.6 Å². The molecule has 6 heteroatoms. The van der Waals surface area contributed by atoms with Gasteiger partial charge in [-0.2, -0.15) is 0 Å². The van der Waals surface area contributed by atoms with Crippen LogP contribution < -0.4 is 24.3 Å². The maximum absolute atomic E-state index is 12.3. The molecule has 0 aliphatic heterocycles. The van der Waals surface area contributed by atoms with Crippen molar-refractivity contribution in [1.82, 2.24) is 0 Å². The molecule has 1 N–H and O–H groups in total. The van der Waals surface area contributed by atoms with Crippen molar-refractivity contribution in [3.05, 3.63) is 72.3 Å². The second-order valence-corrected chi connectivity index (χ2v) is 6.55. The smallest absolute Gasteiger partial charge is 0.224 e. The Morgan fingerprint density at radius 1 is 0.767 bits per heavy atom. The summed E-state index contributed by atoms with van der Waals surface area (Å²) in [5.41, 5.74) is 1.68. The van der Waals surface area contributed by atoms with Gasteiger partial charge in [0.15, 0.2) is 11.5 Å². The second-order valence-electron chi connectivity index (χ2n) is 6.55. The molecule has 0 radical (unpaired) electrons. The molecule has 0 aromatic heterocycles. The molecular formula is C24H25NO5. The van der Waals surface area contributed by atoms with Crippen molar-refractivity contribution < 1.29 is 23.7 Å². The molecule has 3 aromatic carbocycles. The third-order valence-electron chi connectivity index (χ3n) is 4.49. The first kappa shape index (κ1) is 21.0. The fourth-order valence-corrected chi connectivity index (χ4v) is 2.93. The number of hydrogen-bond donors (Lipinski definition) is 1. The first-order valence-electron chi connectivity index (χ1n) is 9.54. The summed E-state index contributed by atoms with van der Waals surface area (Å²) in [5, 5.41) is 2.90. The van der Waals surface area contributed by atoms with Crippen LogP contribution in [0.25, 0.3) is 0 Å². The zero-order valence-electron chi connectivity index (χ0n) is 17.3. The molecule has 0 bridgehead atoms. The molecule has 0 aliphatic carbocycles. The van der Waals surface area contributed by atoms with Crippen molar-refractivity contribution in [2.45, 2.75) is 12.8 Å². The zero-order valence-corrected chi connectivity index (χ0v) is 17.3. The van der Waals surface area contributed by atoms with Gasteiger partial charge in [-0.25, -0.2) is 0 Å². The Balaban J connectivity index is 1.56.